The molecule has 1 saturated heterocycles. The third kappa shape index (κ3) is 4.02. The molecular weight excluding hydrogens is 430 g/mol. The molecule has 1 atom stereocenters. The van der Waals surface area contributed by atoms with Crippen molar-refractivity contribution < 1.29 is 14.7 Å². The maximum atomic E-state index is 13.4. The minimum atomic E-state index is -0.677. The van der Waals surface area contributed by atoms with Crippen molar-refractivity contribution in [3.8, 4) is 0 Å². The highest BCUT2D eigenvalue weighted by atomic mass is 32.1. The average molecular weight is 460 g/mol. The van der Waals surface area contributed by atoms with E-state index >= 15 is 0 Å². The monoisotopic (exact) mass is 459 g/mol. The predicted octanol–water partition coefficient (Wildman–Crippen LogP) is 6.60. The van der Waals surface area contributed by atoms with Crippen molar-refractivity contribution in [2.24, 2.45) is 0 Å². The molecule has 0 spiro atoms. The first-order valence-electron chi connectivity index (χ1n) is 11.0. The fraction of sp³-hybridized carbons (Fsp3) is 0.286. The summed E-state index contributed by atoms with van der Waals surface area (Å²) < 4.78 is 0. The average Bonchev–Trinajstić information content (AvgIpc) is 3.35. The Kier molecular flexibility index (Phi) is 5.79. The molecule has 0 radical (unpaired) electrons. The zero-order valence-corrected chi connectivity index (χ0v) is 20.7. The topological polar surface area (TPSA) is 57.6 Å². The van der Waals surface area contributed by atoms with E-state index < -0.39 is 17.7 Å². The minimum Gasteiger partial charge on any atom is -0.507 e. The summed E-state index contributed by atoms with van der Waals surface area (Å²) >= 11 is 1.47. The molecule has 1 aliphatic heterocycles. The lowest BCUT2D eigenvalue weighted by Gasteiger charge is -2.26. The number of nitrogens with zero attached hydrogens (tertiary/aromatic N) is 1. The van der Waals surface area contributed by atoms with Crippen LogP contribution in [0, 0.1) is 20.8 Å². The number of aryl methyl sites for hydroxylation is 3. The first-order valence-corrected chi connectivity index (χ1v) is 11.9. The third-order valence-electron chi connectivity index (χ3n) is 6.23. The summed E-state index contributed by atoms with van der Waals surface area (Å²) in [5.74, 6) is -1.40. The number of carbonyl (C=O) groups excluding carboxylic acids is 2. The van der Waals surface area contributed by atoms with Crippen molar-refractivity contribution >= 4 is 34.5 Å². The van der Waals surface area contributed by atoms with E-state index in [0.29, 0.717) is 11.3 Å². The summed E-state index contributed by atoms with van der Waals surface area (Å²) in [6, 6.07) is 14.9. The Labute approximate surface area is 199 Å². The second kappa shape index (κ2) is 8.31. The Hall–Kier alpha value is -3.18. The third-order valence-corrected chi connectivity index (χ3v) is 7.15. The van der Waals surface area contributed by atoms with Gasteiger partial charge in [0.25, 0.3) is 11.7 Å². The van der Waals surface area contributed by atoms with Crippen molar-refractivity contribution in [1.29, 1.82) is 0 Å². The first-order chi connectivity index (χ1) is 15.5. The van der Waals surface area contributed by atoms with Crippen LogP contribution in [0.25, 0.3) is 5.76 Å². The number of ketones is 1. The number of aliphatic hydroxyl groups is 1. The Morgan fingerprint density at radius 2 is 1.70 bits per heavy atom. The van der Waals surface area contributed by atoms with Crippen LogP contribution in [0.5, 0.6) is 0 Å². The number of benzene rings is 2. The van der Waals surface area contributed by atoms with Crippen LogP contribution in [0.15, 0.2) is 59.5 Å². The van der Waals surface area contributed by atoms with Gasteiger partial charge in [-0.2, -0.15) is 0 Å². The molecule has 1 aliphatic rings. The number of hydrogen-bond donors (Lipinski definition) is 1. The van der Waals surface area contributed by atoms with Gasteiger partial charge in [0.1, 0.15) is 11.8 Å². The van der Waals surface area contributed by atoms with E-state index in [1.807, 2.05) is 74.7 Å². The highest BCUT2D eigenvalue weighted by molar-refractivity contribution is 7.10. The van der Waals surface area contributed by atoms with E-state index in [2.05, 4.69) is 20.8 Å². The number of hydrogen-bond acceptors (Lipinski definition) is 4. The molecule has 3 aromatic rings. The number of thiophene rings is 1. The van der Waals surface area contributed by atoms with Gasteiger partial charge in [0, 0.05) is 16.1 Å². The Balaban J connectivity index is 1.97. The minimum absolute atomic E-state index is 0.123. The molecule has 0 aliphatic carbocycles. The number of carbonyl (C=O) groups is 2. The van der Waals surface area contributed by atoms with Crippen molar-refractivity contribution in [3.63, 3.8) is 0 Å². The smallest absolute Gasteiger partial charge is 0.300 e. The highest BCUT2D eigenvalue weighted by Crippen LogP contribution is 2.45. The molecule has 4 rings (SSSR count). The molecule has 1 fully saturated rings. The quantitative estimate of drug-likeness (QED) is 0.273. The highest BCUT2D eigenvalue weighted by Gasteiger charge is 2.47. The second-order valence-electron chi connectivity index (χ2n) is 9.75. The van der Waals surface area contributed by atoms with E-state index in [-0.39, 0.29) is 16.7 Å². The van der Waals surface area contributed by atoms with Gasteiger partial charge >= 0.3 is 0 Å². The molecule has 5 heteroatoms. The fourth-order valence-corrected chi connectivity index (χ4v) is 5.18. The van der Waals surface area contributed by atoms with Gasteiger partial charge in [0.05, 0.1) is 5.57 Å². The lowest BCUT2D eigenvalue weighted by molar-refractivity contribution is -0.132. The molecule has 0 bridgehead atoms. The molecule has 2 heterocycles. The lowest BCUT2D eigenvalue weighted by Crippen LogP contribution is -2.29. The molecule has 1 N–H and O–H groups in total. The summed E-state index contributed by atoms with van der Waals surface area (Å²) in [5, 5.41) is 13.4. The SMILES string of the molecule is Cc1ccc(N2C(=O)C(=O)/C(=C(/O)c3cc(C(C)(C)C)ccc3C)C2c2cccs2)c(C)c1. The standard InChI is InChI=1S/C28H29NO3S/c1-16-9-12-21(18(3)14-16)29-24(22-8-7-13-33-22)23(26(31)27(29)32)25(30)20-15-19(28(4,5)6)11-10-17(20)2/h7-15,24,30H,1-6H3/b25-23+. The van der Waals surface area contributed by atoms with E-state index in [4.69, 9.17) is 0 Å². The van der Waals surface area contributed by atoms with Crippen LogP contribution in [0.1, 0.15) is 59.5 Å². The number of aliphatic hydroxyl groups excluding tert-OH is 1. The maximum absolute atomic E-state index is 13.4. The molecule has 0 saturated carbocycles. The normalized spacial score (nSPS) is 18.2. The molecule has 2 aromatic carbocycles. The zero-order valence-electron chi connectivity index (χ0n) is 19.9. The van der Waals surface area contributed by atoms with Crippen LogP contribution in [-0.4, -0.2) is 16.8 Å². The van der Waals surface area contributed by atoms with E-state index in [9.17, 15) is 14.7 Å². The molecule has 1 aromatic heterocycles. The summed E-state index contributed by atoms with van der Waals surface area (Å²) in [6.45, 7) is 12.1. The molecular formula is C28H29NO3S. The van der Waals surface area contributed by atoms with Crippen LogP contribution < -0.4 is 4.90 Å². The van der Waals surface area contributed by atoms with Crippen LogP contribution >= 0.6 is 11.3 Å². The van der Waals surface area contributed by atoms with Crippen molar-refractivity contribution in [2.75, 3.05) is 4.90 Å². The van der Waals surface area contributed by atoms with Gasteiger partial charge in [0.15, 0.2) is 0 Å². The van der Waals surface area contributed by atoms with E-state index in [0.717, 1.165) is 27.1 Å². The van der Waals surface area contributed by atoms with E-state index in [1.165, 1.54) is 16.2 Å². The first kappa shape index (κ1) is 23.0. The van der Waals surface area contributed by atoms with Crippen LogP contribution in [0.3, 0.4) is 0 Å². The second-order valence-corrected chi connectivity index (χ2v) is 10.7. The van der Waals surface area contributed by atoms with Gasteiger partial charge in [-0.25, -0.2) is 0 Å². The van der Waals surface area contributed by atoms with Crippen LogP contribution in [0.4, 0.5) is 5.69 Å². The van der Waals surface area contributed by atoms with Gasteiger partial charge in [-0.05, 0) is 66.5 Å². The Bertz CT molecular complexity index is 1280. The van der Waals surface area contributed by atoms with Gasteiger partial charge in [0.2, 0.25) is 0 Å². The maximum Gasteiger partial charge on any atom is 0.300 e. The fourth-order valence-electron chi connectivity index (χ4n) is 4.36. The summed E-state index contributed by atoms with van der Waals surface area (Å²) in [7, 11) is 0. The predicted molar refractivity (Wildman–Crippen MR) is 135 cm³/mol. The van der Waals surface area contributed by atoms with Gasteiger partial charge in [-0.3, -0.25) is 14.5 Å². The largest absolute Gasteiger partial charge is 0.507 e. The van der Waals surface area contributed by atoms with Crippen molar-refractivity contribution in [2.45, 2.75) is 53.0 Å². The van der Waals surface area contributed by atoms with Gasteiger partial charge in [-0.1, -0.05) is 56.7 Å². The molecule has 1 unspecified atom stereocenters. The molecule has 33 heavy (non-hydrogen) atoms. The van der Waals surface area contributed by atoms with E-state index in [1.54, 1.807) is 0 Å². The summed E-state index contributed by atoms with van der Waals surface area (Å²) in [5.41, 5.74) is 5.16. The summed E-state index contributed by atoms with van der Waals surface area (Å²) in [6.07, 6.45) is 0. The number of amides is 1. The van der Waals surface area contributed by atoms with Gasteiger partial charge in [-0.15, -0.1) is 11.3 Å². The Morgan fingerprint density at radius 1 is 0.970 bits per heavy atom. The lowest BCUT2D eigenvalue weighted by atomic mass is 9.84. The number of Topliss-reactive ketones (excluding diaryl/α,β-unsaturated/α-hetero) is 1. The van der Waals surface area contributed by atoms with Crippen LogP contribution in [-0.2, 0) is 15.0 Å². The molecule has 4 nitrogen and oxygen atoms in total. The number of anilines is 1. The zero-order chi connectivity index (χ0) is 24.1. The van der Waals surface area contributed by atoms with Crippen molar-refractivity contribution in [3.05, 3.63) is 92.2 Å². The molecule has 170 valence electrons. The Morgan fingerprint density at radius 3 is 2.30 bits per heavy atom. The van der Waals surface area contributed by atoms with Crippen LogP contribution in [0.2, 0.25) is 0 Å². The molecule has 1 amide bonds. The van der Waals surface area contributed by atoms with Gasteiger partial charge < -0.3 is 5.11 Å². The van der Waals surface area contributed by atoms with Crippen molar-refractivity contribution in [1.82, 2.24) is 0 Å². The summed E-state index contributed by atoms with van der Waals surface area (Å²) in [4.78, 5) is 29.1. The number of rotatable bonds is 3.